The monoisotopic (exact) mass is 453 g/mol. The van der Waals surface area contributed by atoms with Crippen molar-refractivity contribution < 1.29 is 18.3 Å². The lowest BCUT2D eigenvalue weighted by Gasteiger charge is -2.31. The van der Waals surface area contributed by atoms with Gasteiger partial charge in [0.1, 0.15) is 24.1 Å². The van der Waals surface area contributed by atoms with Gasteiger partial charge in [0.05, 0.1) is 23.6 Å². The SMILES string of the molecule is CC1CCN(c2nc(OC[C@@]34CCCN3C[C@H](F)C4)nc3c(F)c(Cl)ncc23)CCO1. The molecule has 3 fully saturated rings. The minimum atomic E-state index is -0.849. The predicted octanol–water partition coefficient (Wildman–Crippen LogP) is 3.39. The Morgan fingerprint density at radius 1 is 1.32 bits per heavy atom. The van der Waals surface area contributed by atoms with E-state index in [0.29, 0.717) is 43.9 Å². The minimum Gasteiger partial charge on any atom is -0.461 e. The second-order valence-electron chi connectivity index (χ2n) is 8.78. The average Bonchev–Trinajstić information content (AvgIpc) is 3.17. The van der Waals surface area contributed by atoms with Gasteiger partial charge in [-0.05, 0) is 32.7 Å². The van der Waals surface area contributed by atoms with Crippen LogP contribution < -0.4 is 9.64 Å². The van der Waals surface area contributed by atoms with Crippen LogP contribution in [0.25, 0.3) is 10.9 Å². The van der Waals surface area contributed by atoms with E-state index < -0.39 is 12.0 Å². The van der Waals surface area contributed by atoms with Gasteiger partial charge in [0.15, 0.2) is 11.0 Å². The molecule has 31 heavy (non-hydrogen) atoms. The van der Waals surface area contributed by atoms with Gasteiger partial charge < -0.3 is 14.4 Å². The van der Waals surface area contributed by atoms with Crippen molar-refractivity contribution in [2.75, 3.05) is 44.3 Å². The Morgan fingerprint density at radius 2 is 2.19 bits per heavy atom. The lowest BCUT2D eigenvalue weighted by molar-refractivity contribution is 0.0787. The van der Waals surface area contributed by atoms with Gasteiger partial charge >= 0.3 is 6.01 Å². The molecule has 10 heteroatoms. The maximum Gasteiger partial charge on any atom is 0.319 e. The number of anilines is 1. The van der Waals surface area contributed by atoms with Crippen LogP contribution in [0.3, 0.4) is 0 Å². The van der Waals surface area contributed by atoms with Gasteiger partial charge in [0.2, 0.25) is 0 Å². The van der Waals surface area contributed by atoms with Gasteiger partial charge in [-0.15, -0.1) is 0 Å². The molecule has 0 N–H and O–H groups in total. The minimum absolute atomic E-state index is 0.0745. The van der Waals surface area contributed by atoms with E-state index in [9.17, 15) is 8.78 Å². The van der Waals surface area contributed by atoms with Gasteiger partial charge in [-0.25, -0.2) is 13.8 Å². The van der Waals surface area contributed by atoms with E-state index in [4.69, 9.17) is 21.1 Å². The Morgan fingerprint density at radius 3 is 3.06 bits per heavy atom. The lowest BCUT2D eigenvalue weighted by Crippen LogP contribution is -2.43. The summed E-state index contributed by atoms with van der Waals surface area (Å²) in [4.78, 5) is 17.1. The van der Waals surface area contributed by atoms with Gasteiger partial charge in [-0.1, -0.05) is 11.6 Å². The van der Waals surface area contributed by atoms with E-state index in [1.807, 2.05) is 11.8 Å². The molecule has 7 nitrogen and oxygen atoms in total. The third kappa shape index (κ3) is 3.91. The van der Waals surface area contributed by atoms with E-state index in [-0.39, 0.29) is 34.9 Å². The summed E-state index contributed by atoms with van der Waals surface area (Å²) < 4.78 is 40.7. The summed E-state index contributed by atoms with van der Waals surface area (Å²) in [5.41, 5.74) is -0.258. The molecule has 1 unspecified atom stereocenters. The molecule has 2 aromatic rings. The second-order valence-corrected chi connectivity index (χ2v) is 9.13. The standard InChI is InChI=1S/C21H26ClF2N5O2/c1-13-3-6-28(7-8-30-13)19-15-10-25-18(22)16(24)17(15)26-20(27-19)31-12-21-4-2-5-29(21)11-14(23)9-21/h10,13-14H,2-9,11-12H2,1H3/t13?,14-,21+/m1/s1. The molecule has 168 valence electrons. The highest BCUT2D eigenvalue weighted by molar-refractivity contribution is 6.30. The van der Waals surface area contributed by atoms with Crippen LogP contribution in [0, 0.1) is 5.82 Å². The number of alkyl halides is 1. The maximum atomic E-state index is 14.8. The van der Waals surface area contributed by atoms with Crippen LogP contribution in [0.1, 0.15) is 32.6 Å². The molecule has 0 bridgehead atoms. The molecule has 5 heterocycles. The van der Waals surface area contributed by atoms with Gasteiger partial charge in [-0.2, -0.15) is 9.97 Å². The Kier molecular flexibility index (Phi) is 5.60. The summed E-state index contributed by atoms with van der Waals surface area (Å²) in [5.74, 6) is -0.145. The van der Waals surface area contributed by atoms with Crippen LogP contribution in [0.15, 0.2) is 6.20 Å². The van der Waals surface area contributed by atoms with Crippen LogP contribution >= 0.6 is 11.6 Å². The van der Waals surface area contributed by atoms with E-state index >= 15 is 0 Å². The molecule has 0 spiro atoms. The van der Waals surface area contributed by atoms with Gasteiger partial charge in [0.25, 0.3) is 0 Å². The summed E-state index contributed by atoms with van der Waals surface area (Å²) in [6.07, 6.45) is 3.94. The quantitative estimate of drug-likeness (QED) is 0.657. The third-order valence-corrected chi connectivity index (χ3v) is 6.96. The number of ether oxygens (including phenoxy) is 2. The number of nitrogens with zero attached hydrogens (tertiary/aromatic N) is 5. The molecule has 0 aromatic carbocycles. The fourth-order valence-electron chi connectivity index (χ4n) is 5.06. The Labute approximate surface area is 184 Å². The molecule has 3 atom stereocenters. The molecule has 0 amide bonds. The van der Waals surface area contributed by atoms with Crippen molar-refractivity contribution in [2.24, 2.45) is 0 Å². The van der Waals surface area contributed by atoms with E-state index in [2.05, 4.69) is 19.9 Å². The number of hydrogen-bond acceptors (Lipinski definition) is 7. The molecule has 3 saturated heterocycles. The number of fused-ring (bicyclic) bond motifs is 2. The Hall–Kier alpha value is -1.84. The number of rotatable bonds is 4. The maximum absolute atomic E-state index is 14.8. The first kappa shape index (κ1) is 21.0. The Balaban J connectivity index is 1.49. The van der Waals surface area contributed by atoms with Gasteiger partial charge in [-0.3, -0.25) is 4.90 Å². The zero-order chi connectivity index (χ0) is 21.6. The van der Waals surface area contributed by atoms with Crippen molar-refractivity contribution in [2.45, 2.75) is 50.4 Å². The van der Waals surface area contributed by atoms with Gasteiger partial charge in [0, 0.05) is 32.3 Å². The fourth-order valence-corrected chi connectivity index (χ4v) is 5.20. The van der Waals surface area contributed by atoms with Crippen molar-refractivity contribution in [3.8, 4) is 6.01 Å². The van der Waals surface area contributed by atoms with E-state index in [1.54, 1.807) is 0 Å². The zero-order valence-electron chi connectivity index (χ0n) is 17.5. The van der Waals surface area contributed by atoms with Crippen LogP contribution in [-0.4, -0.2) is 77.1 Å². The Bertz CT molecular complexity index is 982. The smallest absolute Gasteiger partial charge is 0.319 e. The average molecular weight is 454 g/mol. The molecule has 0 aliphatic carbocycles. The highest BCUT2D eigenvalue weighted by atomic mass is 35.5. The highest BCUT2D eigenvalue weighted by Crippen LogP contribution is 2.40. The summed E-state index contributed by atoms with van der Waals surface area (Å²) in [6.45, 7) is 5.48. The largest absolute Gasteiger partial charge is 0.461 e. The molecule has 3 aliphatic heterocycles. The van der Waals surface area contributed by atoms with E-state index in [1.165, 1.54) is 6.20 Å². The van der Waals surface area contributed by atoms with Crippen LogP contribution in [0.2, 0.25) is 5.15 Å². The van der Waals surface area contributed by atoms with Crippen molar-refractivity contribution in [3.63, 3.8) is 0 Å². The number of pyridine rings is 1. The molecule has 0 saturated carbocycles. The summed E-state index contributed by atoms with van der Waals surface area (Å²) in [6, 6.07) is 0.0745. The summed E-state index contributed by atoms with van der Waals surface area (Å²) in [7, 11) is 0. The van der Waals surface area contributed by atoms with Crippen LogP contribution in [0.4, 0.5) is 14.6 Å². The molecule has 3 aliphatic rings. The molecule has 0 radical (unpaired) electrons. The van der Waals surface area contributed by atoms with Crippen molar-refractivity contribution in [1.82, 2.24) is 19.9 Å². The highest BCUT2D eigenvalue weighted by Gasteiger charge is 2.49. The van der Waals surface area contributed by atoms with E-state index in [0.717, 1.165) is 25.8 Å². The normalized spacial score (nSPS) is 29.4. The molecule has 5 rings (SSSR count). The van der Waals surface area contributed by atoms with Crippen LogP contribution in [-0.2, 0) is 4.74 Å². The van der Waals surface area contributed by atoms with Crippen molar-refractivity contribution in [3.05, 3.63) is 17.2 Å². The lowest BCUT2D eigenvalue weighted by atomic mass is 9.95. The summed E-state index contributed by atoms with van der Waals surface area (Å²) >= 11 is 5.92. The first-order chi connectivity index (χ1) is 14.9. The fraction of sp³-hybridized carbons (Fsp3) is 0.667. The van der Waals surface area contributed by atoms with Crippen molar-refractivity contribution >= 4 is 28.3 Å². The summed E-state index contributed by atoms with van der Waals surface area (Å²) in [5, 5.41) is 0.238. The second kappa shape index (κ2) is 8.26. The topological polar surface area (TPSA) is 63.6 Å². The third-order valence-electron chi connectivity index (χ3n) is 6.70. The number of aromatic nitrogens is 3. The first-order valence-corrected chi connectivity index (χ1v) is 11.2. The molecular weight excluding hydrogens is 428 g/mol. The van der Waals surface area contributed by atoms with Crippen molar-refractivity contribution in [1.29, 1.82) is 0 Å². The molecular formula is C21H26ClF2N5O2. The zero-order valence-corrected chi connectivity index (χ0v) is 18.2. The van der Waals surface area contributed by atoms with Crippen LogP contribution in [0.5, 0.6) is 6.01 Å². The molecule has 2 aromatic heterocycles. The predicted molar refractivity (Wildman–Crippen MR) is 113 cm³/mol. The number of hydrogen-bond donors (Lipinski definition) is 0. The number of halogens is 3. The first-order valence-electron chi connectivity index (χ1n) is 10.9.